The number of halogens is 3. The number of hydrogen-bond acceptors (Lipinski definition) is 5. The van der Waals surface area contributed by atoms with Crippen LogP contribution >= 0.6 is 23.2 Å². The summed E-state index contributed by atoms with van der Waals surface area (Å²) in [4.78, 5) is 21.3. The van der Waals surface area contributed by atoms with Gasteiger partial charge in [-0.2, -0.15) is 14.6 Å². The summed E-state index contributed by atoms with van der Waals surface area (Å²) in [6, 6.07) is 12.2. The summed E-state index contributed by atoms with van der Waals surface area (Å²) in [7, 11) is 0. The van der Waals surface area contributed by atoms with Crippen LogP contribution in [0.3, 0.4) is 0 Å². The molecule has 1 aliphatic rings. The zero-order chi connectivity index (χ0) is 22.9. The average Bonchev–Trinajstić information content (AvgIpc) is 3.55. The van der Waals surface area contributed by atoms with E-state index < -0.39 is 12.1 Å². The molecule has 2 heterocycles. The van der Waals surface area contributed by atoms with Gasteiger partial charge in [0, 0.05) is 15.6 Å². The first-order valence-corrected chi connectivity index (χ1v) is 11.1. The van der Waals surface area contributed by atoms with Gasteiger partial charge in [-0.15, -0.1) is 0 Å². The molecular formula is C23H18Cl2FN5O2. The fraction of sp³-hybridized carbons (Fsp3) is 0.217. The third-order valence-electron chi connectivity index (χ3n) is 5.36. The van der Waals surface area contributed by atoms with Crippen molar-refractivity contribution in [2.45, 2.75) is 24.9 Å². The topological polar surface area (TPSA) is 81.4 Å². The quantitative estimate of drug-likeness (QED) is 0.371. The van der Waals surface area contributed by atoms with Crippen molar-refractivity contribution in [2.75, 3.05) is 6.54 Å². The number of fused-ring (bicyclic) bond motifs is 1. The van der Waals surface area contributed by atoms with Gasteiger partial charge in [-0.1, -0.05) is 41.4 Å². The number of nitrogens with zero attached hydrogens (tertiary/aromatic N) is 4. The molecule has 0 spiro atoms. The molecule has 0 aliphatic heterocycles. The van der Waals surface area contributed by atoms with E-state index in [4.69, 9.17) is 27.9 Å². The van der Waals surface area contributed by atoms with Gasteiger partial charge >= 0.3 is 0 Å². The lowest BCUT2D eigenvalue weighted by molar-refractivity contribution is 0.0931. The third kappa shape index (κ3) is 4.62. The number of ether oxygens (including phenoxy) is 1. The van der Waals surface area contributed by atoms with Crippen LogP contribution in [-0.2, 0) is 0 Å². The molecule has 10 heteroatoms. The van der Waals surface area contributed by atoms with Crippen molar-refractivity contribution in [3.05, 3.63) is 81.9 Å². The zero-order valence-corrected chi connectivity index (χ0v) is 18.7. The number of carbonyl (C=O) groups excluding carboxylic acids is 1. The molecule has 5 rings (SSSR count). The molecule has 1 unspecified atom stereocenters. The smallest absolute Gasteiger partial charge is 0.274 e. The molecule has 168 valence electrons. The fourth-order valence-electron chi connectivity index (χ4n) is 3.55. The van der Waals surface area contributed by atoms with E-state index in [0.29, 0.717) is 16.7 Å². The summed E-state index contributed by atoms with van der Waals surface area (Å²) < 4.78 is 22.1. The van der Waals surface area contributed by atoms with Crippen LogP contribution in [0, 0.1) is 0 Å². The Morgan fingerprint density at radius 3 is 2.85 bits per heavy atom. The van der Waals surface area contributed by atoms with Crippen molar-refractivity contribution in [3.8, 4) is 11.5 Å². The number of aromatic nitrogens is 4. The molecular weight excluding hydrogens is 468 g/mol. The summed E-state index contributed by atoms with van der Waals surface area (Å²) in [5.74, 6) is 0.934. The average molecular weight is 486 g/mol. The van der Waals surface area contributed by atoms with Gasteiger partial charge in [-0.25, -0.2) is 9.37 Å². The summed E-state index contributed by atoms with van der Waals surface area (Å²) in [6.07, 6.45) is 3.47. The Labute approximate surface area is 198 Å². The molecule has 0 radical (unpaired) electrons. The highest BCUT2D eigenvalue weighted by molar-refractivity contribution is 6.35. The number of rotatable bonds is 7. The number of carbonyl (C=O) groups is 1. The summed E-state index contributed by atoms with van der Waals surface area (Å²) in [5.41, 5.74) is 1.48. The first kappa shape index (κ1) is 21.6. The zero-order valence-electron chi connectivity index (χ0n) is 17.2. The Morgan fingerprint density at radius 1 is 1.21 bits per heavy atom. The van der Waals surface area contributed by atoms with Gasteiger partial charge in [0.2, 0.25) is 0 Å². The van der Waals surface area contributed by atoms with Gasteiger partial charge in [0.15, 0.2) is 11.4 Å². The molecule has 1 atom stereocenters. The number of nitrogens with one attached hydrogen (secondary N) is 1. The van der Waals surface area contributed by atoms with E-state index in [2.05, 4.69) is 26.4 Å². The van der Waals surface area contributed by atoms with Gasteiger partial charge in [0.05, 0.1) is 12.7 Å². The van der Waals surface area contributed by atoms with Gasteiger partial charge in [0.25, 0.3) is 11.7 Å². The highest BCUT2D eigenvalue weighted by Crippen LogP contribution is 2.41. The molecule has 1 fully saturated rings. The number of benzene rings is 2. The molecule has 4 aromatic rings. The molecule has 1 amide bonds. The Hall–Kier alpha value is -3.23. The predicted molar refractivity (Wildman–Crippen MR) is 122 cm³/mol. The molecule has 2 aromatic heterocycles. The van der Waals surface area contributed by atoms with E-state index in [1.807, 2.05) is 12.1 Å². The van der Waals surface area contributed by atoms with E-state index in [1.54, 1.807) is 12.1 Å². The van der Waals surface area contributed by atoms with Crippen molar-refractivity contribution < 1.29 is 13.9 Å². The van der Waals surface area contributed by atoms with Gasteiger partial charge in [-0.3, -0.25) is 4.79 Å². The minimum Gasteiger partial charge on any atom is -0.453 e. The lowest BCUT2D eigenvalue weighted by atomic mass is 10.1. The van der Waals surface area contributed by atoms with Crippen LogP contribution < -0.4 is 10.1 Å². The van der Waals surface area contributed by atoms with E-state index in [1.165, 1.54) is 34.7 Å². The second-order valence-electron chi connectivity index (χ2n) is 7.74. The highest BCUT2D eigenvalue weighted by atomic mass is 35.5. The molecule has 1 aliphatic carbocycles. The number of alkyl halides is 1. The second kappa shape index (κ2) is 8.96. The van der Waals surface area contributed by atoms with Crippen LogP contribution in [-0.4, -0.2) is 32.0 Å². The molecule has 1 N–H and O–H groups in total. The second-order valence-corrected chi connectivity index (χ2v) is 8.58. The summed E-state index contributed by atoms with van der Waals surface area (Å²) in [5, 5.41) is 7.25. The van der Waals surface area contributed by atoms with Crippen LogP contribution in [0.15, 0.2) is 55.0 Å². The van der Waals surface area contributed by atoms with Crippen molar-refractivity contribution in [2.24, 2.45) is 0 Å². The molecule has 0 saturated heterocycles. The van der Waals surface area contributed by atoms with E-state index >= 15 is 0 Å². The number of hydrogen-bond donors (Lipinski definition) is 1. The Bertz CT molecular complexity index is 1340. The van der Waals surface area contributed by atoms with Crippen LogP contribution in [0.25, 0.3) is 5.78 Å². The molecule has 1 saturated carbocycles. The van der Waals surface area contributed by atoms with Crippen molar-refractivity contribution in [1.29, 1.82) is 0 Å². The predicted octanol–water partition coefficient (Wildman–Crippen LogP) is 5.54. The maximum absolute atomic E-state index is 14.8. The van der Waals surface area contributed by atoms with E-state index in [-0.39, 0.29) is 34.4 Å². The SMILES string of the molecule is O=C(NCC(F)c1ccc(Cl)cc1Cl)c1c(Oc2cccc(C3CC3)c2)cnc2ncnn12. The van der Waals surface area contributed by atoms with Crippen molar-refractivity contribution >= 4 is 34.9 Å². The van der Waals surface area contributed by atoms with Crippen LogP contribution in [0.5, 0.6) is 11.5 Å². The Balaban J connectivity index is 1.39. The van der Waals surface area contributed by atoms with Crippen LogP contribution in [0.4, 0.5) is 4.39 Å². The lowest BCUT2D eigenvalue weighted by Gasteiger charge is -2.15. The highest BCUT2D eigenvalue weighted by Gasteiger charge is 2.25. The molecule has 33 heavy (non-hydrogen) atoms. The molecule has 7 nitrogen and oxygen atoms in total. The van der Waals surface area contributed by atoms with E-state index in [9.17, 15) is 9.18 Å². The van der Waals surface area contributed by atoms with Crippen LogP contribution in [0.1, 0.15) is 46.5 Å². The minimum atomic E-state index is -1.54. The summed E-state index contributed by atoms with van der Waals surface area (Å²) in [6.45, 7) is -0.310. The first-order valence-electron chi connectivity index (χ1n) is 10.3. The van der Waals surface area contributed by atoms with Crippen molar-refractivity contribution in [3.63, 3.8) is 0 Å². The standard InChI is InChI=1S/C23H18Cl2FN5O2/c24-15-6-7-17(18(25)9-15)19(26)10-27-22(32)21-20(11-28-23-29-12-30-31(21)23)33-16-3-1-2-14(8-16)13-4-5-13/h1-3,6-9,11-13,19H,4-5,10H2,(H,27,32). The maximum atomic E-state index is 14.8. The molecule has 2 aromatic carbocycles. The van der Waals surface area contributed by atoms with Gasteiger partial charge in [-0.05, 0) is 48.6 Å². The van der Waals surface area contributed by atoms with Gasteiger partial charge < -0.3 is 10.1 Å². The minimum absolute atomic E-state index is 0.0590. The monoisotopic (exact) mass is 485 g/mol. The Morgan fingerprint density at radius 2 is 2.06 bits per heavy atom. The summed E-state index contributed by atoms with van der Waals surface area (Å²) >= 11 is 12.0. The van der Waals surface area contributed by atoms with Crippen LogP contribution in [0.2, 0.25) is 10.0 Å². The first-order chi connectivity index (χ1) is 16.0. The third-order valence-corrected chi connectivity index (χ3v) is 5.93. The largest absolute Gasteiger partial charge is 0.453 e. The van der Waals surface area contributed by atoms with Crippen molar-refractivity contribution in [1.82, 2.24) is 24.9 Å². The number of amides is 1. The van der Waals surface area contributed by atoms with Gasteiger partial charge in [0.1, 0.15) is 18.2 Å². The Kier molecular flexibility index (Phi) is 5.86. The van der Waals surface area contributed by atoms with E-state index in [0.717, 1.165) is 12.8 Å². The normalized spacial score (nSPS) is 14.3. The maximum Gasteiger partial charge on any atom is 0.274 e. The molecule has 0 bridgehead atoms. The lowest BCUT2D eigenvalue weighted by Crippen LogP contribution is -2.29. The fourth-order valence-corrected chi connectivity index (χ4v) is 4.08.